The lowest BCUT2D eigenvalue weighted by atomic mass is 9.95. The Morgan fingerprint density at radius 3 is 2.63 bits per heavy atom. The van der Waals surface area contributed by atoms with E-state index in [4.69, 9.17) is 9.47 Å². The third kappa shape index (κ3) is 4.61. The lowest BCUT2D eigenvalue weighted by Gasteiger charge is -2.27. The van der Waals surface area contributed by atoms with E-state index in [0.29, 0.717) is 54.4 Å². The maximum atomic E-state index is 14.8. The minimum atomic E-state index is -2.90. The fourth-order valence-electron chi connectivity index (χ4n) is 4.94. The average Bonchev–Trinajstić information content (AvgIpc) is 3.32. The van der Waals surface area contributed by atoms with E-state index < -0.39 is 23.8 Å². The Morgan fingerprint density at radius 1 is 1.14 bits per heavy atom. The number of alkyl halides is 2. The number of aliphatic hydroxyl groups is 1. The van der Waals surface area contributed by atoms with E-state index in [1.54, 1.807) is 13.8 Å². The summed E-state index contributed by atoms with van der Waals surface area (Å²) >= 11 is 0. The van der Waals surface area contributed by atoms with Gasteiger partial charge in [-0.1, -0.05) is 18.2 Å². The van der Waals surface area contributed by atoms with Crippen LogP contribution in [0.3, 0.4) is 0 Å². The van der Waals surface area contributed by atoms with Gasteiger partial charge in [0.05, 0.1) is 35.9 Å². The van der Waals surface area contributed by atoms with Crippen molar-refractivity contribution >= 4 is 16.7 Å². The smallest absolute Gasteiger partial charge is 0.266 e. The predicted molar refractivity (Wildman–Crippen MR) is 126 cm³/mol. The number of halogens is 3. The zero-order valence-electron chi connectivity index (χ0n) is 19.7. The van der Waals surface area contributed by atoms with Gasteiger partial charge in [-0.15, -0.1) is 0 Å². The van der Waals surface area contributed by atoms with Crippen LogP contribution in [0.25, 0.3) is 10.9 Å². The molecule has 1 fully saturated rings. The summed E-state index contributed by atoms with van der Waals surface area (Å²) in [6.45, 7) is 3.99. The predicted octanol–water partition coefficient (Wildman–Crippen LogP) is 5.81. The van der Waals surface area contributed by atoms with Crippen LogP contribution in [0.5, 0.6) is 11.5 Å². The van der Waals surface area contributed by atoms with Gasteiger partial charge in [-0.3, -0.25) is 0 Å². The molecule has 35 heavy (non-hydrogen) atoms. The van der Waals surface area contributed by atoms with Gasteiger partial charge in [0.15, 0.2) is 11.5 Å². The molecule has 2 heterocycles. The quantitative estimate of drug-likeness (QED) is 0.457. The Bertz CT molecular complexity index is 1250. The number of anilines is 1. The minimum absolute atomic E-state index is 0.0305. The molecule has 0 spiro atoms. The fraction of sp³-hybridized carbons (Fsp3) is 0.462. The number of aromatic nitrogens is 2. The first-order valence-corrected chi connectivity index (χ1v) is 12.0. The molecule has 5 rings (SSSR count). The van der Waals surface area contributed by atoms with Crippen molar-refractivity contribution < 1.29 is 27.8 Å². The highest BCUT2D eigenvalue weighted by atomic mass is 19.3. The molecule has 1 atom stereocenters. The van der Waals surface area contributed by atoms with Crippen LogP contribution in [0.15, 0.2) is 24.3 Å². The van der Waals surface area contributed by atoms with Gasteiger partial charge in [0.2, 0.25) is 0 Å². The van der Waals surface area contributed by atoms with Crippen LogP contribution >= 0.6 is 0 Å². The molecule has 0 radical (unpaired) electrons. The normalized spacial score (nSPS) is 20.5. The first-order chi connectivity index (χ1) is 16.8. The highest BCUT2D eigenvalue weighted by Crippen LogP contribution is 2.44. The summed E-state index contributed by atoms with van der Waals surface area (Å²) in [5.74, 6) is 1.35. The summed E-state index contributed by atoms with van der Waals surface area (Å²) in [6, 6.07) is 5.23. The van der Waals surface area contributed by atoms with Crippen LogP contribution in [-0.4, -0.2) is 33.9 Å². The maximum absolute atomic E-state index is 14.8. The van der Waals surface area contributed by atoms with Crippen molar-refractivity contribution in [3.63, 3.8) is 0 Å². The fourth-order valence-corrected chi connectivity index (χ4v) is 4.94. The minimum Gasteiger partial charge on any atom is -0.489 e. The van der Waals surface area contributed by atoms with Crippen LogP contribution < -0.4 is 14.8 Å². The largest absolute Gasteiger partial charge is 0.489 e. The van der Waals surface area contributed by atoms with E-state index >= 15 is 0 Å². The Kier molecular flexibility index (Phi) is 6.44. The molecule has 186 valence electrons. The molecule has 9 heteroatoms. The molecule has 3 aromatic rings. The van der Waals surface area contributed by atoms with Crippen molar-refractivity contribution in [3.8, 4) is 11.5 Å². The molecule has 1 aliphatic heterocycles. The third-order valence-corrected chi connectivity index (χ3v) is 6.77. The number of nitrogens with one attached hydrogen (secondary N) is 1. The van der Waals surface area contributed by atoms with Gasteiger partial charge in [-0.05, 0) is 45.6 Å². The van der Waals surface area contributed by atoms with Crippen molar-refractivity contribution in [1.29, 1.82) is 0 Å². The summed E-state index contributed by atoms with van der Waals surface area (Å²) in [5.41, 5.74) is 1.17. The monoisotopic (exact) mass is 487 g/mol. The number of benzene rings is 2. The van der Waals surface area contributed by atoms with Gasteiger partial charge in [0.1, 0.15) is 17.5 Å². The molecule has 1 saturated carbocycles. The molecule has 0 saturated heterocycles. The molecule has 2 aromatic carbocycles. The molecule has 2 aliphatic rings. The number of nitrogens with zero attached hydrogens (tertiary/aromatic N) is 2. The van der Waals surface area contributed by atoms with Crippen LogP contribution in [0, 0.1) is 12.7 Å². The van der Waals surface area contributed by atoms with Crippen LogP contribution in [0.1, 0.15) is 67.6 Å². The SMILES string of the molecule is Cc1nc(N[C@H](C)c2cccc(C(F)F)c2F)c2cc(O[C@H]3CC[C@@H](O)CC3)c3c(c2n1)CCO3. The van der Waals surface area contributed by atoms with Gasteiger partial charge >= 0.3 is 0 Å². The lowest BCUT2D eigenvalue weighted by Crippen LogP contribution is -2.26. The molecule has 0 bridgehead atoms. The summed E-state index contributed by atoms with van der Waals surface area (Å²) < 4.78 is 53.5. The Hall–Kier alpha value is -3.07. The van der Waals surface area contributed by atoms with E-state index in [1.165, 1.54) is 12.1 Å². The topological polar surface area (TPSA) is 76.5 Å². The second-order valence-electron chi connectivity index (χ2n) is 9.26. The number of hydrogen-bond donors (Lipinski definition) is 2. The van der Waals surface area contributed by atoms with E-state index in [-0.39, 0.29) is 17.8 Å². The van der Waals surface area contributed by atoms with Crippen molar-refractivity contribution in [1.82, 2.24) is 9.97 Å². The summed E-state index contributed by atoms with van der Waals surface area (Å²) in [4.78, 5) is 9.20. The number of ether oxygens (including phenoxy) is 2. The number of aliphatic hydroxyl groups excluding tert-OH is 1. The third-order valence-electron chi connectivity index (χ3n) is 6.77. The van der Waals surface area contributed by atoms with Gasteiger partial charge < -0.3 is 19.9 Å². The van der Waals surface area contributed by atoms with Crippen LogP contribution in [-0.2, 0) is 6.42 Å². The van der Waals surface area contributed by atoms with Gasteiger partial charge in [-0.25, -0.2) is 23.1 Å². The van der Waals surface area contributed by atoms with Crippen molar-refractivity contribution in [2.45, 2.75) is 70.6 Å². The van der Waals surface area contributed by atoms with Crippen molar-refractivity contribution in [2.24, 2.45) is 0 Å². The Labute approximate surface area is 201 Å². The summed E-state index contributed by atoms with van der Waals surface area (Å²) in [7, 11) is 0. The molecular formula is C26H28F3N3O3. The summed E-state index contributed by atoms with van der Waals surface area (Å²) in [6.07, 6.45) is 0.341. The summed E-state index contributed by atoms with van der Waals surface area (Å²) in [5, 5.41) is 13.7. The van der Waals surface area contributed by atoms with E-state index in [0.717, 1.165) is 30.0 Å². The first kappa shape index (κ1) is 23.7. The Balaban J connectivity index is 1.53. The number of hydrogen-bond acceptors (Lipinski definition) is 6. The average molecular weight is 488 g/mol. The van der Waals surface area contributed by atoms with Crippen LogP contribution in [0.2, 0.25) is 0 Å². The molecule has 6 nitrogen and oxygen atoms in total. The number of aryl methyl sites for hydroxylation is 1. The van der Waals surface area contributed by atoms with Crippen molar-refractivity contribution in [3.05, 3.63) is 52.6 Å². The molecule has 0 amide bonds. The standard InChI is InChI=1S/C26H28F3N3O3/c1-13(17-4-3-5-18(22(17)27)25(28)29)30-26-20-12-21(35-16-8-6-15(33)7-9-16)24-19(10-11-34-24)23(20)31-14(2)32-26/h3-5,12-13,15-16,25,33H,6-11H2,1-2H3,(H,30,31,32)/t13-,15-,16+/m1/s1. The highest BCUT2D eigenvalue weighted by molar-refractivity contribution is 5.95. The number of fused-ring (bicyclic) bond motifs is 3. The maximum Gasteiger partial charge on any atom is 0.266 e. The number of rotatable bonds is 6. The van der Waals surface area contributed by atoms with Gasteiger partial charge in [0, 0.05) is 22.9 Å². The molecule has 1 aromatic heterocycles. The zero-order valence-corrected chi connectivity index (χ0v) is 19.7. The molecule has 2 N–H and O–H groups in total. The Morgan fingerprint density at radius 2 is 1.89 bits per heavy atom. The molecular weight excluding hydrogens is 459 g/mol. The lowest BCUT2D eigenvalue weighted by molar-refractivity contribution is 0.0652. The second-order valence-corrected chi connectivity index (χ2v) is 9.26. The van der Waals surface area contributed by atoms with E-state index in [1.807, 2.05) is 6.07 Å². The van der Waals surface area contributed by atoms with Gasteiger partial charge in [0.25, 0.3) is 6.43 Å². The second kappa shape index (κ2) is 9.53. The first-order valence-electron chi connectivity index (χ1n) is 12.0. The molecule has 1 aliphatic carbocycles. The van der Waals surface area contributed by atoms with Crippen molar-refractivity contribution in [2.75, 3.05) is 11.9 Å². The van der Waals surface area contributed by atoms with E-state index in [2.05, 4.69) is 15.3 Å². The molecule has 0 unspecified atom stereocenters. The van der Waals surface area contributed by atoms with Gasteiger partial charge in [-0.2, -0.15) is 0 Å². The van der Waals surface area contributed by atoms with Crippen LogP contribution in [0.4, 0.5) is 19.0 Å². The van der Waals surface area contributed by atoms with E-state index in [9.17, 15) is 18.3 Å². The highest BCUT2D eigenvalue weighted by Gasteiger charge is 2.28. The zero-order chi connectivity index (χ0) is 24.7.